The van der Waals surface area contributed by atoms with E-state index < -0.39 is 5.97 Å². The zero-order chi connectivity index (χ0) is 19.8. The Labute approximate surface area is 170 Å². The highest BCUT2D eigenvalue weighted by molar-refractivity contribution is 7.17. The van der Waals surface area contributed by atoms with Crippen LogP contribution in [0.4, 0.5) is 11.5 Å². The number of hydrogen-bond acceptors (Lipinski definition) is 5. The highest BCUT2D eigenvalue weighted by atomic mass is 35.5. The topological polar surface area (TPSA) is 75.1 Å². The van der Waals surface area contributed by atoms with E-state index in [-0.39, 0.29) is 10.6 Å². The van der Waals surface area contributed by atoms with Crippen molar-refractivity contribution >= 4 is 50.6 Å². The number of carboxylic acid groups (broad SMARTS) is 1. The molecule has 5 nitrogen and oxygen atoms in total. The molecule has 2 aromatic heterocycles. The van der Waals surface area contributed by atoms with Crippen molar-refractivity contribution in [1.29, 1.82) is 0 Å². The number of nitrogens with one attached hydrogen (secondary N) is 1. The lowest BCUT2D eigenvalue weighted by Gasteiger charge is -2.11. The number of fused-ring (bicyclic) bond motifs is 1. The summed E-state index contributed by atoms with van der Waals surface area (Å²) in [6.45, 7) is 4.15. The highest BCUT2D eigenvalue weighted by Crippen LogP contribution is 2.39. The Bertz CT molecular complexity index is 1220. The maximum Gasteiger partial charge on any atom is 0.337 e. The molecule has 4 rings (SSSR count). The standard InChI is InChI=1S/C21H16ClN3O2S/c1-11-3-5-14(12(2)7-11)16-9-28-20-18(16)19(23-10-24-20)25-13-4-6-17(22)15(8-13)21(26)27/h3-10H,1-2H3,(H,26,27)(H,23,24,25). The molecule has 0 unspecified atom stereocenters. The smallest absolute Gasteiger partial charge is 0.337 e. The van der Waals surface area contributed by atoms with Crippen molar-refractivity contribution in [3.8, 4) is 11.1 Å². The molecule has 140 valence electrons. The van der Waals surface area contributed by atoms with Gasteiger partial charge in [-0.25, -0.2) is 14.8 Å². The number of carbonyl (C=O) groups is 1. The molecule has 7 heteroatoms. The second-order valence-corrected chi connectivity index (χ2v) is 7.76. The van der Waals surface area contributed by atoms with Crippen LogP contribution in [0.3, 0.4) is 0 Å². The van der Waals surface area contributed by atoms with Gasteiger partial charge in [0.2, 0.25) is 0 Å². The summed E-state index contributed by atoms with van der Waals surface area (Å²) in [6, 6.07) is 11.1. The molecule has 0 fully saturated rings. The molecule has 0 radical (unpaired) electrons. The van der Waals surface area contributed by atoms with Crippen LogP contribution in [0.25, 0.3) is 21.3 Å². The molecule has 4 aromatic rings. The van der Waals surface area contributed by atoms with Gasteiger partial charge in [-0.05, 0) is 43.2 Å². The molecule has 0 amide bonds. The second kappa shape index (κ2) is 7.22. The van der Waals surface area contributed by atoms with Gasteiger partial charge in [-0.15, -0.1) is 11.3 Å². The number of aromatic nitrogens is 2. The molecule has 2 N–H and O–H groups in total. The molecular weight excluding hydrogens is 394 g/mol. The highest BCUT2D eigenvalue weighted by Gasteiger charge is 2.16. The average molecular weight is 410 g/mol. The minimum Gasteiger partial charge on any atom is -0.478 e. The first-order valence-corrected chi connectivity index (χ1v) is 9.79. The molecule has 0 spiro atoms. The number of hydrogen-bond donors (Lipinski definition) is 2. The van der Waals surface area contributed by atoms with Crippen molar-refractivity contribution in [2.24, 2.45) is 0 Å². The predicted molar refractivity (Wildman–Crippen MR) is 114 cm³/mol. The minimum atomic E-state index is -1.08. The van der Waals surface area contributed by atoms with Crippen LogP contribution in [0.5, 0.6) is 0 Å². The van der Waals surface area contributed by atoms with Crippen LogP contribution in [0.1, 0.15) is 21.5 Å². The number of halogens is 1. The van der Waals surface area contributed by atoms with Crippen molar-refractivity contribution < 1.29 is 9.90 Å². The van der Waals surface area contributed by atoms with E-state index in [1.165, 1.54) is 23.5 Å². The molecular formula is C21H16ClN3O2S. The van der Waals surface area contributed by atoms with Crippen molar-refractivity contribution in [3.05, 3.63) is 69.8 Å². The van der Waals surface area contributed by atoms with Gasteiger partial charge >= 0.3 is 5.97 Å². The molecule has 2 aromatic carbocycles. The molecule has 0 aliphatic rings. The van der Waals surface area contributed by atoms with E-state index in [1.54, 1.807) is 23.5 Å². The van der Waals surface area contributed by atoms with Gasteiger partial charge in [-0.1, -0.05) is 35.4 Å². The summed E-state index contributed by atoms with van der Waals surface area (Å²) in [7, 11) is 0. The van der Waals surface area contributed by atoms with Gasteiger partial charge < -0.3 is 10.4 Å². The number of benzene rings is 2. The summed E-state index contributed by atoms with van der Waals surface area (Å²) in [4.78, 5) is 21.0. The largest absolute Gasteiger partial charge is 0.478 e. The van der Waals surface area contributed by atoms with Crippen LogP contribution in [0.15, 0.2) is 48.1 Å². The molecule has 0 saturated heterocycles. The first-order chi connectivity index (χ1) is 13.4. The third-order valence-electron chi connectivity index (χ3n) is 4.50. The molecule has 28 heavy (non-hydrogen) atoms. The molecule has 0 atom stereocenters. The van der Waals surface area contributed by atoms with E-state index in [9.17, 15) is 9.90 Å². The summed E-state index contributed by atoms with van der Waals surface area (Å²) in [6.07, 6.45) is 1.50. The zero-order valence-electron chi connectivity index (χ0n) is 15.2. The Kier molecular flexibility index (Phi) is 4.75. The Morgan fingerprint density at radius 3 is 2.68 bits per heavy atom. The number of aromatic carboxylic acids is 1. The van der Waals surface area contributed by atoms with Gasteiger partial charge in [0.25, 0.3) is 0 Å². The SMILES string of the molecule is Cc1ccc(-c2csc3ncnc(Nc4ccc(Cl)c(C(=O)O)c4)c23)c(C)c1. The van der Waals surface area contributed by atoms with Gasteiger partial charge in [-0.3, -0.25) is 0 Å². The van der Waals surface area contributed by atoms with E-state index in [4.69, 9.17) is 11.6 Å². The molecule has 0 bridgehead atoms. The number of carboxylic acids is 1. The van der Waals surface area contributed by atoms with Crippen molar-refractivity contribution in [2.45, 2.75) is 13.8 Å². The van der Waals surface area contributed by atoms with Gasteiger partial charge in [0.05, 0.1) is 16.0 Å². The second-order valence-electron chi connectivity index (χ2n) is 6.49. The Morgan fingerprint density at radius 2 is 1.93 bits per heavy atom. The van der Waals surface area contributed by atoms with Gasteiger partial charge in [0.15, 0.2) is 0 Å². The van der Waals surface area contributed by atoms with E-state index in [0.29, 0.717) is 11.5 Å². The fourth-order valence-corrected chi connectivity index (χ4v) is 4.29. The van der Waals surface area contributed by atoms with Gasteiger partial charge in [0, 0.05) is 16.6 Å². The van der Waals surface area contributed by atoms with Crippen LogP contribution >= 0.6 is 22.9 Å². The number of thiophene rings is 1. The fourth-order valence-electron chi connectivity index (χ4n) is 3.19. The summed E-state index contributed by atoms with van der Waals surface area (Å²) >= 11 is 7.53. The summed E-state index contributed by atoms with van der Waals surface area (Å²) < 4.78 is 0. The quantitative estimate of drug-likeness (QED) is 0.427. The van der Waals surface area contributed by atoms with Crippen LogP contribution in [0, 0.1) is 13.8 Å². The third-order valence-corrected chi connectivity index (χ3v) is 5.72. The van der Waals surface area contributed by atoms with Crippen LogP contribution in [0.2, 0.25) is 5.02 Å². The van der Waals surface area contributed by atoms with Crippen LogP contribution in [-0.2, 0) is 0 Å². The lowest BCUT2D eigenvalue weighted by Crippen LogP contribution is -2.01. The van der Waals surface area contributed by atoms with Crippen molar-refractivity contribution in [2.75, 3.05) is 5.32 Å². The number of nitrogens with zero attached hydrogens (tertiary/aromatic N) is 2. The maximum absolute atomic E-state index is 11.4. The number of aryl methyl sites for hydroxylation is 2. The van der Waals surface area contributed by atoms with Crippen molar-refractivity contribution in [1.82, 2.24) is 9.97 Å². The van der Waals surface area contributed by atoms with E-state index in [0.717, 1.165) is 21.3 Å². The number of rotatable bonds is 4. The van der Waals surface area contributed by atoms with Crippen molar-refractivity contribution in [3.63, 3.8) is 0 Å². The zero-order valence-corrected chi connectivity index (χ0v) is 16.7. The molecule has 0 aliphatic carbocycles. The molecule has 0 aliphatic heterocycles. The first kappa shape index (κ1) is 18.4. The predicted octanol–water partition coefficient (Wildman–Crippen LogP) is 6.07. The maximum atomic E-state index is 11.4. The van der Waals surface area contributed by atoms with Crippen LogP contribution < -0.4 is 5.32 Å². The fraction of sp³-hybridized carbons (Fsp3) is 0.0952. The Morgan fingerprint density at radius 1 is 1.11 bits per heavy atom. The Hall–Kier alpha value is -2.96. The van der Waals surface area contributed by atoms with E-state index in [2.05, 4.69) is 52.7 Å². The molecule has 2 heterocycles. The lowest BCUT2D eigenvalue weighted by molar-refractivity contribution is 0.0697. The summed E-state index contributed by atoms with van der Waals surface area (Å²) in [5, 5.41) is 15.7. The first-order valence-electron chi connectivity index (χ1n) is 8.53. The van der Waals surface area contributed by atoms with Gasteiger partial charge in [0.1, 0.15) is 17.0 Å². The van der Waals surface area contributed by atoms with E-state index in [1.807, 2.05) is 0 Å². The van der Waals surface area contributed by atoms with E-state index >= 15 is 0 Å². The summed E-state index contributed by atoms with van der Waals surface area (Å²) in [5.41, 5.74) is 5.19. The summed E-state index contributed by atoms with van der Waals surface area (Å²) in [5.74, 6) is -0.451. The number of anilines is 2. The average Bonchev–Trinajstić information content (AvgIpc) is 3.08. The normalized spacial score (nSPS) is 11.0. The van der Waals surface area contributed by atoms with Crippen LogP contribution in [-0.4, -0.2) is 21.0 Å². The molecule has 0 saturated carbocycles. The monoisotopic (exact) mass is 409 g/mol. The minimum absolute atomic E-state index is 0.0388. The van der Waals surface area contributed by atoms with Gasteiger partial charge in [-0.2, -0.15) is 0 Å². The Balaban J connectivity index is 1.84. The third kappa shape index (κ3) is 3.32. The lowest BCUT2D eigenvalue weighted by atomic mass is 9.99.